The summed E-state index contributed by atoms with van der Waals surface area (Å²) in [4.78, 5) is 18.1. The number of ether oxygens (including phenoxy) is 1. The van der Waals surface area contributed by atoms with E-state index in [4.69, 9.17) is 14.8 Å². The molecule has 3 rings (SSSR count). The summed E-state index contributed by atoms with van der Waals surface area (Å²) in [6, 6.07) is 16.8. The van der Waals surface area contributed by atoms with E-state index in [-0.39, 0.29) is 14.8 Å². The molecule has 0 aliphatic carbocycles. The van der Waals surface area contributed by atoms with E-state index in [1.807, 2.05) is 56.3 Å². The maximum absolute atomic E-state index is 12.3. The molecule has 2 aromatic carbocycles. The number of nitriles is 1. The van der Waals surface area contributed by atoms with Crippen LogP contribution in [0.15, 0.2) is 54.6 Å². The minimum Gasteiger partial charge on any atom is -0.407 e. The van der Waals surface area contributed by atoms with Crippen molar-refractivity contribution in [3.8, 4) is 6.07 Å². The largest absolute Gasteiger partial charge is 0.407 e. The number of nitrogens with zero attached hydrogens (tertiary/aromatic N) is 1. The molecule has 192 valence electrons. The summed E-state index contributed by atoms with van der Waals surface area (Å²) in [6.45, 7) is 11.1. The lowest BCUT2D eigenvalue weighted by Gasteiger charge is -2.11. The van der Waals surface area contributed by atoms with E-state index >= 15 is 0 Å². The second-order valence-electron chi connectivity index (χ2n) is 8.02. The summed E-state index contributed by atoms with van der Waals surface area (Å²) in [7, 11) is 0. The van der Waals surface area contributed by atoms with Crippen LogP contribution in [0.3, 0.4) is 0 Å². The first-order chi connectivity index (χ1) is 17.1. The van der Waals surface area contributed by atoms with Crippen molar-refractivity contribution in [2.24, 2.45) is 0 Å². The fourth-order valence-electron chi connectivity index (χ4n) is 3.46. The third-order valence-electron chi connectivity index (χ3n) is 5.19. The molecule has 0 bridgehead atoms. The molecule has 3 N–H and O–H groups in total. The first kappa shape index (κ1) is 28.1. The number of amides is 1. The van der Waals surface area contributed by atoms with Crippen molar-refractivity contribution in [1.82, 2.24) is 16.1 Å². The van der Waals surface area contributed by atoms with Gasteiger partial charge in [-0.15, -0.1) is 5.48 Å². The lowest BCUT2D eigenvalue weighted by molar-refractivity contribution is 0.0947. The number of nitrogens with one attached hydrogen (secondary N) is 3. The van der Waals surface area contributed by atoms with Crippen LogP contribution in [0.25, 0.3) is 5.76 Å². The van der Waals surface area contributed by atoms with Gasteiger partial charge in [-0.05, 0) is 61.7 Å². The molecule has 0 radical (unpaired) electrons. The van der Waals surface area contributed by atoms with Gasteiger partial charge in [0.1, 0.15) is 6.04 Å². The van der Waals surface area contributed by atoms with Gasteiger partial charge in [0.25, 0.3) is 5.91 Å². The van der Waals surface area contributed by atoms with Gasteiger partial charge in [0.05, 0.1) is 12.1 Å². The van der Waals surface area contributed by atoms with Crippen LogP contribution < -0.4 is 16.1 Å². The third kappa shape index (κ3) is 9.18. The fraction of sp³-hybridized carbons (Fsp3) is 0.429. The van der Waals surface area contributed by atoms with Gasteiger partial charge in [0.15, 0.2) is 5.76 Å². The number of rotatable bonds is 12. The van der Waals surface area contributed by atoms with E-state index in [1.54, 1.807) is 13.0 Å². The SMILES string of the molecule is CC.CCCOCCCNCc1cccc(C2=CC(c3cccc(C(=O)N[C@H](C)C#N)c3)NO2)c1.[HH].[HH]. The number of hydrogen-bond donors (Lipinski definition) is 3. The zero-order valence-corrected chi connectivity index (χ0v) is 21.3. The normalized spacial score (nSPS) is 15.2. The van der Waals surface area contributed by atoms with Crippen LogP contribution >= 0.6 is 0 Å². The minimum absolute atomic E-state index is 0. The predicted octanol–water partition coefficient (Wildman–Crippen LogP) is 5.37. The molecule has 7 nitrogen and oxygen atoms in total. The predicted molar refractivity (Wildman–Crippen MR) is 143 cm³/mol. The minimum atomic E-state index is -0.545. The number of hydrogen-bond acceptors (Lipinski definition) is 6. The highest BCUT2D eigenvalue weighted by atomic mass is 16.7. The molecular weight excluding hydrogens is 440 g/mol. The van der Waals surface area contributed by atoms with E-state index in [0.717, 1.165) is 56.0 Å². The molecule has 0 saturated heterocycles. The van der Waals surface area contributed by atoms with Crippen LogP contribution in [0.1, 0.15) is 76.5 Å². The molecule has 2 atom stereocenters. The van der Waals surface area contributed by atoms with E-state index in [9.17, 15) is 4.79 Å². The summed E-state index contributed by atoms with van der Waals surface area (Å²) < 4.78 is 5.50. The zero-order chi connectivity index (χ0) is 25.5. The van der Waals surface area contributed by atoms with Crippen molar-refractivity contribution in [2.45, 2.75) is 59.2 Å². The second-order valence-corrected chi connectivity index (χ2v) is 8.02. The molecule has 1 heterocycles. The van der Waals surface area contributed by atoms with Gasteiger partial charge in [0.2, 0.25) is 0 Å². The van der Waals surface area contributed by atoms with Gasteiger partial charge in [-0.3, -0.25) is 4.79 Å². The first-order valence-electron chi connectivity index (χ1n) is 12.4. The van der Waals surface area contributed by atoms with Crippen molar-refractivity contribution < 1.29 is 17.2 Å². The highest BCUT2D eigenvalue weighted by Gasteiger charge is 2.21. The third-order valence-corrected chi connectivity index (χ3v) is 5.19. The van der Waals surface area contributed by atoms with Crippen LogP contribution in [0.4, 0.5) is 0 Å². The van der Waals surface area contributed by atoms with Crippen LogP contribution in [-0.2, 0) is 16.1 Å². The molecule has 1 aliphatic heterocycles. The standard InChI is InChI=1S/C26H32N4O3.C2H6.2H2/c1-3-12-32-13-6-11-28-18-20-7-4-9-22(14-20)25-16-24(30-33-25)21-8-5-10-23(15-21)26(31)29-19(2)17-27;1-2;;/h4-5,7-10,14-16,19,24,28,30H,3,6,11-13,18H2,1-2H3,(H,29,31);1-2H3;2*1H/t19-,24?;;;/m1.../s1. The van der Waals surface area contributed by atoms with E-state index in [2.05, 4.69) is 35.2 Å². The Labute approximate surface area is 212 Å². The molecule has 1 aliphatic rings. The smallest absolute Gasteiger partial charge is 0.252 e. The van der Waals surface area contributed by atoms with Crippen LogP contribution in [0.5, 0.6) is 0 Å². The molecule has 35 heavy (non-hydrogen) atoms. The summed E-state index contributed by atoms with van der Waals surface area (Å²) in [6.07, 6.45) is 4.05. The van der Waals surface area contributed by atoms with Crippen molar-refractivity contribution in [1.29, 1.82) is 5.26 Å². The summed E-state index contributed by atoms with van der Waals surface area (Å²) >= 11 is 0. The number of carbonyl (C=O) groups excluding carboxylic acids is 1. The highest BCUT2D eigenvalue weighted by molar-refractivity contribution is 5.94. The second kappa shape index (κ2) is 15.7. The van der Waals surface area contributed by atoms with Crippen molar-refractivity contribution in [2.75, 3.05) is 19.8 Å². The Bertz CT molecular complexity index is 1010. The Morgan fingerprint density at radius 2 is 2.03 bits per heavy atom. The number of carbonyl (C=O) groups is 1. The lowest BCUT2D eigenvalue weighted by atomic mass is 10.0. The molecule has 0 saturated carbocycles. The Morgan fingerprint density at radius 1 is 1.23 bits per heavy atom. The maximum Gasteiger partial charge on any atom is 0.252 e. The summed E-state index contributed by atoms with van der Waals surface area (Å²) in [5, 5.41) is 15.0. The van der Waals surface area contributed by atoms with Crippen LogP contribution in [0.2, 0.25) is 0 Å². The molecule has 1 unspecified atom stereocenters. The molecular formula is C28H42N4O3. The molecule has 0 spiro atoms. The van der Waals surface area contributed by atoms with Gasteiger partial charge in [-0.1, -0.05) is 51.1 Å². The van der Waals surface area contributed by atoms with Crippen LogP contribution in [-0.4, -0.2) is 31.7 Å². The number of benzene rings is 2. The zero-order valence-electron chi connectivity index (χ0n) is 21.3. The van der Waals surface area contributed by atoms with Gasteiger partial charge >= 0.3 is 0 Å². The van der Waals surface area contributed by atoms with Crippen molar-refractivity contribution >= 4 is 11.7 Å². The molecule has 7 heteroatoms. The Hall–Kier alpha value is -3.18. The van der Waals surface area contributed by atoms with Crippen molar-refractivity contribution in [3.63, 3.8) is 0 Å². The van der Waals surface area contributed by atoms with Crippen LogP contribution in [0, 0.1) is 11.3 Å². The average Bonchev–Trinajstić information content (AvgIpc) is 3.40. The highest BCUT2D eigenvalue weighted by Crippen LogP contribution is 2.29. The average molecular weight is 483 g/mol. The lowest BCUT2D eigenvalue weighted by Crippen LogP contribution is -2.31. The fourth-order valence-corrected chi connectivity index (χ4v) is 3.46. The monoisotopic (exact) mass is 482 g/mol. The molecule has 0 fully saturated rings. The van der Waals surface area contributed by atoms with Gasteiger partial charge < -0.3 is 20.2 Å². The van der Waals surface area contributed by atoms with E-state index in [0.29, 0.717) is 5.56 Å². The quantitative estimate of drug-likeness (QED) is 0.352. The number of hydroxylamine groups is 1. The van der Waals surface area contributed by atoms with Gasteiger partial charge in [-0.25, -0.2) is 0 Å². The molecule has 0 aromatic heterocycles. The van der Waals surface area contributed by atoms with Gasteiger partial charge in [0, 0.05) is 33.7 Å². The Kier molecular flexibility index (Phi) is 12.6. The Balaban J connectivity index is 0.00000316. The van der Waals surface area contributed by atoms with Crippen molar-refractivity contribution in [3.05, 3.63) is 76.9 Å². The van der Waals surface area contributed by atoms with E-state index < -0.39 is 6.04 Å². The maximum atomic E-state index is 12.3. The molecule has 2 aromatic rings. The molecule has 1 amide bonds. The first-order valence-corrected chi connectivity index (χ1v) is 12.4. The van der Waals surface area contributed by atoms with Gasteiger partial charge in [-0.2, -0.15) is 5.26 Å². The Morgan fingerprint density at radius 3 is 2.80 bits per heavy atom. The topological polar surface area (TPSA) is 95.4 Å². The summed E-state index contributed by atoms with van der Waals surface area (Å²) in [5.74, 6) is 0.480. The van der Waals surface area contributed by atoms with E-state index in [1.165, 1.54) is 5.56 Å². The summed E-state index contributed by atoms with van der Waals surface area (Å²) in [5.41, 5.74) is 6.62.